The number of methoxy groups -OCH3 is 3. The number of aromatic nitrogens is 1. The summed E-state index contributed by atoms with van der Waals surface area (Å²) in [7, 11) is 4.48. The van der Waals surface area contributed by atoms with E-state index in [2.05, 4.69) is 4.98 Å². The third kappa shape index (κ3) is 3.71. The minimum absolute atomic E-state index is 0.315. The largest absolute Gasteiger partial charge is 0.493 e. The van der Waals surface area contributed by atoms with E-state index in [0.717, 1.165) is 5.56 Å². The van der Waals surface area contributed by atoms with Gasteiger partial charge in [-0.15, -0.1) is 0 Å². The standard InChI is InChI=1S/C17H19NO5/c1-11(12-6-5-7-18-10-12)23-17(19)13-8-14(20-2)16(22-4)15(9-13)21-3/h5-11H,1-4H3. The second kappa shape index (κ2) is 7.49. The lowest BCUT2D eigenvalue weighted by Crippen LogP contribution is -2.10. The summed E-state index contributed by atoms with van der Waals surface area (Å²) < 4.78 is 21.2. The Morgan fingerprint density at radius 2 is 1.74 bits per heavy atom. The van der Waals surface area contributed by atoms with Crippen molar-refractivity contribution >= 4 is 5.97 Å². The normalized spacial score (nSPS) is 11.5. The number of carbonyl (C=O) groups is 1. The molecule has 1 aromatic carbocycles. The molecule has 0 aliphatic carbocycles. The Morgan fingerprint density at radius 3 is 2.22 bits per heavy atom. The molecule has 6 nitrogen and oxygen atoms in total. The molecule has 0 bridgehead atoms. The number of hydrogen-bond acceptors (Lipinski definition) is 6. The van der Waals surface area contributed by atoms with Gasteiger partial charge in [0, 0.05) is 18.0 Å². The van der Waals surface area contributed by atoms with E-state index in [1.54, 1.807) is 37.5 Å². The van der Waals surface area contributed by atoms with Gasteiger partial charge in [-0.3, -0.25) is 4.98 Å². The highest BCUT2D eigenvalue weighted by molar-refractivity contribution is 5.91. The van der Waals surface area contributed by atoms with Gasteiger partial charge in [0.1, 0.15) is 6.10 Å². The van der Waals surface area contributed by atoms with Crippen molar-refractivity contribution in [2.45, 2.75) is 13.0 Å². The van der Waals surface area contributed by atoms with E-state index in [0.29, 0.717) is 22.8 Å². The predicted molar refractivity (Wildman–Crippen MR) is 84.2 cm³/mol. The van der Waals surface area contributed by atoms with E-state index < -0.39 is 12.1 Å². The van der Waals surface area contributed by atoms with Gasteiger partial charge in [-0.1, -0.05) is 6.07 Å². The van der Waals surface area contributed by atoms with E-state index >= 15 is 0 Å². The summed E-state index contributed by atoms with van der Waals surface area (Å²) in [5, 5.41) is 0. The van der Waals surface area contributed by atoms with Crippen LogP contribution in [0.3, 0.4) is 0 Å². The second-order valence-corrected chi connectivity index (χ2v) is 4.75. The highest BCUT2D eigenvalue weighted by atomic mass is 16.5. The lowest BCUT2D eigenvalue weighted by Gasteiger charge is -2.16. The first kappa shape index (κ1) is 16.6. The molecule has 1 atom stereocenters. The van der Waals surface area contributed by atoms with E-state index in [4.69, 9.17) is 18.9 Å². The van der Waals surface area contributed by atoms with Crippen molar-refractivity contribution in [2.24, 2.45) is 0 Å². The molecule has 1 unspecified atom stereocenters. The Labute approximate surface area is 135 Å². The summed E-state index contributed by atoms with van der Waals surface area (Å²) in [6.07, 6.45) is 2.90. The molecule has 2 rings (SSSR count). The van der Waals surface area contributed by atoms with Crippen molar-refractivity contribution in [2.75, 3.05) is 21.3 Å². The first-order valence-electron chi connectivity index (χ1n) is 7.01. The third-order valence-electron chi connectivity index (χ3n) is 3.34. The minimum Gasteiger partial charge on any atom is -0.493 e. The number of nitrogens with zero attached hydrogens (tertiary/aromatic N) is 1. The molecule has 0 N–H and O–H groups in total. The second-order valence-electron chi connectivity index (χ2n) is 4.75. The molecule has 0 fully saturated rings. The zero-order valence-corrected chi connectivity index (χ0v) is 13.5. The fraction of sp³-hybridized carbons (Fsp3) is 0.294. The number of ether oxygens (including phenoxy) is 4. The van der Waals surface area contributed by atoms with Crippen LogP contribution in [0.5, 0.6) is 17.2 Å². The molecule has 122 valence electrons. The molecule has 0 saturated carbocycles. The highest BCUT2D eigenvalue weighted by Gasteiger charge is 2.20. The highest BCUT2D eigenvalue weighted by Crippen LogP contribution is 2.38. The van der Waals surface area contributed by atoms with Crippen molar-refractivity contribution in [3.05, 3.63) is 47.8 Å². The maximum Gasteiger partial charge on any atom is 0.339 e. The third-order valence-corrected chi connectivity index (χ3v) is 3.34. The van der Waals surface area contributed by atoms with Crippen LogP contribution in [0.25, 0.3) is 0 Å². The monoisotopic (exact) mass is 317 g/mol. The number of pyridine rings is 1. The van der Waals surface area contributed by atoms with Crippen LogP contribution in [0.4, 0.5) is 0 Å². The molecule has 23 heavy (non-hydrogen) atoms. The van der Waals surface area contributed by atoms with Gasteiger partial charge in [-0.05, 0) is 25.1 Å². The Balaban J connectivity index is 2.25. The van der Waals surface area contributed by atoms with Crippen LogP contribution in [-0.4, -0.2) is 32.3 Å². The Hall–Kier alpha value is -2.76. The number of hydrogen-bond donors (Lipinski definition) is 0. The molecule has 1 heterocycles. The van der Waals surface area contributed by atoms with Gasteiger partial charge in [0.2, 0.25) is 5.75 Å². The van der Waals surface area contributed by atoms with Crippen molar-refractivity contribution in [1.29, 1.82) is 0 Å². The number of benzene rings is 1. The average molecular weight is 317 g/mol. The molecule has 2 aromatic rings. The van der Waals surface area contributed by atoms with Gasteiger partial charge in [0.25, 0.3) is 0 Å². The van der Waals surface area contributed by atoms with Gasteiger partial charge < -0.3 is 18.9 Å². The number of esters is 1. The van der Waals surface area contributed by atoms with Gasteiger partial charge in [0.05, 0.1) is 26.9 Å². The fourth-order valence-corrected chi connectivity index (χ4v) is 2.11. The molecule has 0 amide bonds. The zero-order chi connectivity index (χ0) is 16.8. The van der Waals surface area contributed by atoms with E-state index in [1.165, 1.54) is 21.3 Å². The van der Waals surface area contributed by atoms with Crippen LogP contribution in [0.2, 0.25) is 0 Å². The molecule has 1 aromatic heterocycles. The summed E-state index contributed by atoms with van der Waals surface area (Å²) in [5.74, 6) is 0.730. The maximum absolute atomic E-state index is 12.4. The van der Waals surface area contributed by atoms with Crippen LogP contribution >= 0.6 is 0 Å². The lowest BCUT2D eigenvalue weighted by molar-refractivity contribution is 0.0336. The first-order chi connectivity index (χ1) is 11.1. The Morgan fingerprint density at radius 1 is 1.09 bits per heavy atom. The van der Waals surface area contributed by atoms with E-state index in [1.807, 2.05) is 6.07 Å². The quantitative estimate of drug-likeness (QED) is 0.763. The van der Waals surface area contributed by atoms with Gasteiger partial charge in [0.15, 0.2) is 11.5 Å². The van der Waals surface area contributed by atoms with Crippen molar-refractivity contribution in [1.82, 2.24) is 4.98 Å². The molecule has 6 heteroatoms. The average Bonchev–Trinajstić information content (AvgIpc) is 2.60. The topological polar surface area (TPSA) is 66.9 Å². The van der Waals surface area contributed by atoms with Crippen LogP contribution in [0.15, 0.2) is 36.7 Å². The van der Waals surface area contributed by atoms with Gasteiger partial charge in [-0.2, -0.15) is 0 Å². The Bertz CT molecular complexity index is 647. The predicted octanol–water partition coefficient (Wildman–Crippen LogP) is 3.03. The zero-order valence-electron chi connectivity index (χ0n) is 13.5. The summed E-state index contributed by atoms with van der Waals surface area (Å²) in [6.45, 7) is 1.78. The van der Waals surface area contributed by atoms with Crippen molar-refractivity contribution in [3.8, 4) is 17.2 Å². The summed E-state index contributed by atoms with van der Waals surface area (Å²) >= 11 is 0. The lowest BCUT2D eigenvalue weighted by atomic mass is 10.1. The molecule has 0 radical (unpaired) electrons. The first-order valence-corrected chi connectivity index (χ1v) is 7.01. The summed E-state index contributed by atoms with van der Waals surface area (Å²) in [5.41, 5.74) is 1.13. The summed E-state index contributed by atoms with van der Waals surface area (Å²) in [4.78, 5) is 16.4. The van der Waals surface area contributed by atoms with Gasteiger partial charge >= 0.3 is 5.97 Å². The molecule has 0 aliphatic rings. The van der Waals surface area contributed by atoms with E-state index in [9.17, 15) is 4.79 Å². The van der Waals surface area contributed by atoms with Crippen molar-refractivity contribution in [3.63, 3.8) is 0 Å². The number of rotatable bonds is 6. The Kier molecular flexibility index (Phi) is 5.41. The van der Waals surface area contributed by atoms with Gasteiger partial charge in [-0.25, -0.2) is 4.79 Å². The number of carbonyl (C=O) groups excluding carboxylic acids is 1. The molecule has 0 aliphatic heterocycles. The SMILES string of the molecule is COc1cc(C(=O)OC(C)c2cccnc2)cc(OC)c1OC. The molecule has 0 spiro atoms. The minimum atomic E-state index is -0.486. The van der Waals surface area contributed by atoms with Crippen LogP contribution in [-0.2, 0) is 4.74 Å². The van der Waals surface area contributed by atoms with E-state index in [-0.39, 0.29) is 0 Å². The fourth-order valence-electron chi connectivity index (χ4n) is 2.11. The maximum atomic E-state index is 12.4. The smallest absolute Gasteiger partial charge is 0.339 e. The van der Waals surface area contributed by atoms with Crippen molar-refractivity contribution < 1.29 is 23.7 Å². The summed E-state index contributed by atoms with van der Waals surface area (Å²) in [6, 6.07) is 6.75. The molecule has 0 saturated heterocycles. The molecular formula is C17H19NO5. The van der Waals surface area contributed by atoms with Crippen LogP contribution < -0.4 is 14.2 Å². The molecular weight excluding hydrogens is 298 g/mol. The van der Waals surface area contributed by atoms with Crippen LogP contribution in [0, 0.1) is 0 Å². The van der Waals surface area contributed by atoms with Crippen LogP contribution in [0.1, 0.15) is 28.9 Å².